The number of hydrogen-bond donors (Lipinski definition) is 0. The van der Waals surface area contributed by atoms with Gasteiger partial charge in [-0.15, -0.1) is 0 Å². The summed E-state index contributed by atoms with van der Waals surface area (Å²) in [6.45, 7) is 3.71. The molecule has 1 heterocycles. The Morgan fingerprint density at radius 2 is 2.05 bits per heavy atom. The fourth-order valence-electron chi connectivity index (χ4n) is 1.78. The average molecular weight is 283 g/mol. The van der Waals surface area contributed by atoms with Crippen molar-refractivity contribution in [2.75, 3.05) is 46.0 Å². The maximum atomic E-state index is 11.5. The number of hydrogen-bond acceptors (Lipinski definition) is 7. The molecule has 1 aromatic rings. The van der Waals surface area contributed by atoms with E-state index in [2.05, 4.69) is 14.7 Å². The van der Waals surface area contributed by atoms with Crippen molar-refractivity contribution in [3.05, 3.63) is 18.1 Å². The summed E-state index contributed by atoms with van der Waals surface area (Å²) in [5.74, 6) is 0.0833. The van der Waals surface area contributed by atoms with Gasteiger partial charge >= 0.3 is 5.97 Å². The number of aromatic nitrogens is 2. The molecule has 1 rings (SSSR count). The van der Waals surface area contributed by atoms with Crippen LogP contribution in [-0.4, -0.2) is 63.1 Å². The van der Waals surface area contributed by atoms with E-state index >= 15 is 0 Å². The van der Waals surface area contributed by atoms with Gasteiger partial charge in [-0.2, -0.15) is 0 Å². The summed E-state index contributed by atoms with van der Waals surface area (Å²) in [6.07, 6.45) is 2.99. The lowest BCUT2D eigenvalue weighted by atomic mass is 10.3. The maximum absolute atomic E-state index is 11.5. The van der Waals surface area contributed by atoms with Crippen LogP contribution in [0.15, 0.2) is 12.4 Å². The zero-order valence-corrected chi connectivity index (χ0v) is 12.3. The van der Waals surface area contributed by atoms with E-state index in [1.54, 1.807) is 20.4 Å². The van der Waals surface area contributed by atoms with E-state index in [1.807, 2.05) is 11.8 Å². The smallest absolute Gasteiger partial charge is 0.358 e. The average Bonchev–Trinajstić information content (AvgIpc) is 2.47. The lowest BCUT2D eigenvalue weighted by Gasteiger charge is -2.29. The highest BCUT2D eigenvalue weighted by atomic mass is 16.5. The van der Waals surface area contributed by atoms with Crippen molar-refractivity contribution in [1.29, 1.82) is 0 Å². The zero-order chi connectivity index (χ0) is 15.0. The van der Waals surface area contributed by atoms with E-state index in [9.17, 15) is 4.79 Å². The van der Waals surface area contributed by atoms with Gasteiger partial charge in [-0.3, -0.25) is 4.98 Å². The lowest BCUT2D eigenvalue weighted by Crippen LogP contribution is -2.39. The highest BCUT2D eigenvalue weighted by Gasteiger charge is 2.18. The fraction of sp³-hybridized carbons (Fsp3) is 0.615. The number of rotatable bonds is 8. The van der Waals surface area contributed by atoms with Crippen molar-refractivity contribution in [3.63, 3.8) is 0 Å². The molecule has 0 fully saturated rings. The highest BCUT2D eigenvalue weighted by Crippen LogP contribution is 2.14. The Hall–Kier alpha value is -1.73. The van der Waals surface area contributed by atoms with E-state index < -0.39 is 5.97 Å². The molecule has 7 nitrogen and oxygen atoms in total. The Bertz CT molecular complexity index is 428. The Kier molecular flexibility index (Phi) is 6.89. The predicted octanol–water partition coefficient (Wildman–Crippen LogP) is 0.751. The molecule has 0 bridgehead atoms. The number of anilines is 1. The number of esters is 1. The van der Waals surface area contributed by atoms with Crippen LogP contribution in [0, 0.1) is 0 Å². The predicted molar refractivity (Wildman–Crippen MR) is 73.9 cm³/mol. The number of nitrogens with zero attached hydrogens (tertiary/aromatic N) is 3. The quantitative estimate of drug-likeness (QED) is 0.652. The van der Waals surface area contributed by atoms with Crippen molar-refractivity contribution in [3.8, 4) is 0 Å². The third kappa shape index (κ3) is 4.43. The molecule has 0 N–H and O–H groups in total. The molecule has 0 saturated heterocycles. The van der Waals surface area contributed by atoms with E-state index in [0.717, 1.165) is 0 Å². The van der Waals surface area contributed by atoms with Gasteiger partial charge in [-0.05, 0) is 6.92 Å². The molecule has 1 unspecified atom stereocenters. The van der Waals surface area contributed by atoms with Crippen LogP contribution >= 0.6 is 0 Å². The van der Waals surface area contributed by atoms with Gasteiger partial charge in [0.15, 0.2) is 5.69 Å². The van der Waals surface area contributed by atoms with Gasteiger partial charge in [0.2, 0.25) is 0 Å². The zero-order valence-electron chi connectivity index (χ0n) is 12.3. The summed E-state index contributed by atoms with van der Waals surface area (Å²) in [7, 11) is 4.59. The molecule has 0 aromatic carbocycles. The van der Waals surface area contributed by atoms with Gasteiger partial charge in [0.05, 0.1) is 38.8 Å². The summed E-state index contributed by atoms with van der Waals surface area (Å²) in [5, 5.41) is 0. The van der Waals surface area contributed by atoms with Crippen LogP contribution in [0.3, 0.4) is 0 Å². The van der Waals surface area contributed by atoms with Gasteiger partial charge in [-0.1, -0.05) is 0 Å². The number of carbonyl (C=O) groups is 1. The lowest BCUT2D eigenvalue weighted by molar-refractivity contribution is 0.0593. The molecule has 112 valence electrons. The first-order valence-electron chi connectivity index (χ1n) is 6.28. The molecule has 1 aromatic heterocycles. The second-order valence-electron chi connectivity index (χ2n) is 4.24. The second kappa shape index (κ2) is 8.44. The summed E-state index contributed by atoms with van der Waals surface area (Å²) in [4.78, 5) is 21.8. The van der Waals surface area contributed by atoms with E-state index in [0.29, 0.717) is 25.6 Å². The second-order valence-corrected chi connectivity index (χ2v) is 4.24. The van der Waals surface area contributed by atoms with E-state index in [4.69, 9.17) is 9.47 Å². The molecule has 1 atom stereocenters. The fourth-order valence-corrected chi connectivity index (χ4v) is 1.78. The Balaban J connectivity index is 2.97. The molecule has 0 aliphatic heterocycles. The minimum atomic E-state index is -0.509. The molecular formula is C13H21N3O4. The monoisotopic (exact) mass is 283 g/mol. The number of carbonyl (C=O) groups excluding carboxylic acids is 1. The molecular weight excluding hydrogens is 262 g/mol. The van der Waals surface area contributed by atoms with Crippen molar-refractivity contribution >= 4 is 11.8 Å². The number of ether oxygens (including phenoxy) is 3. The summed E-state index contributed by atoms with van der Waals surface area (Å²) in [5.41, 5.74) is 0.178. The topological polar surface area (TPSA) is 73.8 Å². The van der Waals surface area contributed by atoms with Gasteiger partial charge in [0.25, 0.3) is 0 Å². The molecule has 0 radical (unpaired) electrons. The Labute approximate surface area is 118 Å². The summed E-state index contributed by atoms with van der Waals surface area (Å²) in [6, 6.07) is 0.0809. The van der Waals surface area contributed by atoms with Crippen LogP contribution in [0.5, 0.6) is 0 Å². The van der Waals surface area contributed by atoms with Crippen LogP contribution in [0.2, 0.25) is 0 Å². The minimum absolute atomic E-state index is 0.0809. The third-order valence-corrected chi connectivity index (χ3v) is 2.79. The third-order valence-electron chi connectivity index (χ3n) is 2.79. The Morgan fingerprint density at radius 1 is 1.30 bits per heavy atom. The molecule has 0 aliphatic carbocycles. The van der Waals surface area contributed by atoms with Crippen molar-refractivity contribution in [2.45, 2.75) is 13.0 Å². The van der Waals surface area contributed by atoms with Crippen LogP contribution in [0.4, 0.5) is 5.82 Å². The SMILES string of the molecule is COCCN(c1cncc(C(=O)OC)n1)C(C)COC. The molecule has 0 spiro atoms. The molecule has 20 heavy (non-hydrogen) atoms. The van der Waals surface area contributed by atoms with Crippen molar-refractivity contribution in [1.82, 2.24) is 9.97 Å². The van der Waals surface area contributed by atoms with Crippen LogP contribution in [0.25, 0.3) is 0 Å². The van der Waals surface area contributed by atoms with Crippen LogP contribution in [-0.2, 0) is 14.2 Å². The van der Waals surface area contributed by atoms with Gasteiger partial charge in [-0.25, -0.2) is 9.78 Å². The first kappa shape index (κ1) is 16.3. The first-order valence-corrected chi connectivity index (χ1v) is 6.28. The molecule has 7 heteroatoms. The summed E-state index contributed by atoms with van der Waals surface area (Å²) >= 11 is 0. The van der Waals surface area contributed by atoms with Crippen LogP contribution < -0.4 is 4.90 Å². The van der Waals surface area contributed by atoms with E-state index in [1.165, 1.54) is 13.3 Å². The molecule has 0 amide bonds. The standard InChI is InChI=1S/C13H21N3O4/c1-10(9-19-3)16(5-6-18-2)12-8-14-7-11(15-12)13(17)20-4/h7-8,10H,5-6,9H2,1-4H3. The van der Waals surface area contributed by atoms with Crippen molar-refractivity contribution < 1.29 is 19.0 Å². The number of methoxy groups -OCH3 is 3. The Morgan fingerprint density at radius 3 is 2.65 bits per heavy atom. The van der Waals surface area contributed by atoms with Gasteiger partial charge in [0.1, 0.15) is 5.82 Å². The van der Waals surface area contributed by atoms with Crippen molar-refractivity contribution in [2.24, 2.45) is 0 Å². The normalized spacial score (nSPS) is 12.0. The first-order chi connectivity index (χ1) is 9.63. The molecule has 0 saturated carbocycles. The maximum Gasteiger partial charge on any atom is 0.358 e. The summed E-state index contributed by atoms with van der Waals surface area (Å²) < 4.78 is 14.9. The minimum Gasteiger partial charge on any atom is -0.464 e. The van der Waals surface area contributed by atoms with E-state index in [-0.39, 0.29) is 11.7 Å². The molecule has 0 aliphatic rings. The van der Waals surface area contributed by atoms with Gasteiger partial charge in [0, 0.05) is 20.8 Å². The van der Waals surface area contributed by atoms with Gasteiger partial charge < -0.3 is 19.1 Å². The largest absolute Gasteiger partial charge is 0.464 e. The highest BCUT2D eigenvalue weighted by molar-refractivity contribution is 5.87. The van der Waals surface area contributed by atoms with Crippen LogP contribution in [0.1, 0.15) is 17.4 Å².